The second-order valence-corrected chi connectivity index (χ2v) is 5.16. The van der Waals surface area contributed by atoms with Gasteiger partial charge >= 0.3 is 0 Å². The Kier molecular flexibility index (Phi) is 4.96. The lowest BCUT2D eigenvalue weighted by atomic mass is 10.1. The number of benzene rings is 1. The van der Waals surface area contributed by atoms with E-state index >= 15 is 0 Å². The lowest BCUT2D eigenvalue weighted by Gasteiger charge is -2.13. The minimum absolute atomic E-state index is 0.887. The summed E-state index contributed by atoms with van der Waals surface area (Å²) < 4.78 is 2.12. The molecule has 0 radical (unpaired) electrons. The molecule has 0 saturated heterocycles. The van der Waals surface area contributed by atoms with Gasteiger partial charge in [0.25, 0.3) is 0 Å². The van der Waals surface area contributed by atoms with E-state index in [1.807, 2.05) is 0 Å². The SMILES string of the molecule is CCNCc1cc(C)ccc1-n1nc(CC)cc1CC. The first-order valence-electron chi connectivity index (χ1n) is 7.58. The molecule has 0 aliphatic heterocycles. The Balaban J connectivity index is 2.47. The zero-order valence-electron chi connectivity index (χ0n) is 13.0. The highest BCUT2D eigenvalue weighted by Crippen LogP contribution is 2.20. The standard InChI is InChI=1S/C17H25N3/c1-5-15-11-16(6-2)20(19-15)17-9-8-13(4)10-14(17)12-18-7-3/h8-11,18H,5-7,12H2,1-4H3. The van der Waals surface area contributed by atoms with Crippen LogP contribution in [0.1, 0.15) is 43.3 Å². The van der Waals surface area contributed by atoms with Crippen LogP contribution in [0.2, 0.25) is 0 Å². The molecule has 0 fully saturated rings. The van der Waals surface area contributed by atoms with Crippen LogP contribution in [0.25, 0.3) is 5.69 Å². The minimum Gasteiger partial charge on any atom is -0.313 e. The van der Waals surface area contributed by atoms with Gasteiger partial charge in [0.1, 0.15) is 0 Å². The maximum absolute atomic E-state index is 4.76. The molecule has 3 nitrogen and oxygen atoms in total. The van der Waals surface area contributed by atoms with E-state index in [2.05, 4.69) is 62.0 Å². The highest BCUT2D eigenvalue weighted by molar-refractivity contribution is 5.44. The predicted molar refractivity (Wildman–Crippen MR) is 84.4 cm³/mol. The monoisotopic (exact) mass is 271 g/mol. The van der Waals surface area contributed by atoms with E-state index in [1.165, 1.54) is 22.5 Å². The third-order valence-electron chi connectivity index (χ3n) is 3.59. The van der Waals surface area contributed by atoms with Crippen molar-refractivity contribution in [3.63, 3.8) is 0 Å². The second kappa shape index (κ2) is 6.71. The molecule has 0 spiro atoms. The maximum Gasteiger partial charge on any atom is 0.0694 e. The van der Waals surface area contributed by atoms with Gasteiger partial charge in [-0.15, -0.1) is 0 Å². The summed E-state index contributed by atoms with van der Waals surface area (Å²) in [5.74, 6) is 0. The fraction of sp³-hybridized carbons (Fsp3) is 0.471. The molecule has 1 aromatic heterocycles. The van der Waals surface area contributed by atoms with Gasteiger partial charge in [-0.3, -0.25) is 0 Å². The highest BCUT2D eigenvalue weighted by Gasteiger charge is 2.11. The van der Waals surface area contributed by atoms with Gasteiger partial charge in [0.15, 0.2) is 0 Å². The van der Waals surface area contributed by atoms with E-state index in [1.54, 1.807) is 0 Å². The molecule has 2 rings (SSSR count). The molecule has 2 aromatic rings. The first kappa shape index (κ1) is 14.8. The molecule has 1 aromatic carbocycles. The topological polar surface area (TPSA) is 29.9 Å². The Bertz CT molecular complexity index is 570. The van der Waals surface area contributed by atoms with E-state index in [0.717, 1.165) is 31.6 Å². The highest BCUT2D eigenvalue weighted by atomic mass is 15.3. The fourth-order valence-corrected chi connectivity index (χ4v) is 2.43. The van der Waals surface area contributed by atoms with Crippen LogP contribution in [0.3, 0.4) is 0 Å². The summed E-state index contributed by atoms with van der Waals surface area (Å²) in [6.07, 6.45) is 1.98. The van der Waals surface area contributed by atoms with Crippen molar-refractivity contribution in [3.8, 4) is 5.69 Å². The molecule has 0 aliphatic carbocycles. The van der Waals surface area contributed by atoms with Crippen molar-refractivity contribution in [1.29, 1.82) is 0 Å². The molecular weight excluding hydrogens is 246 g/mol. The summed E-state index contributed by atoms with van der Waals surface area (Å²) in [5, 5.41) is 8.18. The molecule has 0 bridgehead atoms. The normalized spacial score (nSPS) is 11.0. The van der Waals surface area contributed by atoms with Crippen LogP contribution in [-0.4, -0.2) is 16.3 Å². The number of nitrogens with one attached hydrogen (secondary N) is 1. The smallest absolute Gasteiger partial charge is 0.0694 e. The summed E-state index contributed by atoms with van der Waals surface area (Å²) in [6.45, 7) is 10.5. The van der Waals surface area contributed by atoms with Crippen LogP contribution in [0, 0.1) is 6.92 Å². The van der Waals surface area contributed by atoms with Crippen LogP contribution in [0.4, 0.5) is 0 Å². The summed E-state index contributed by atoms with van der Waals surface area (Å²) in [5.41, 5.74) is 6.25. The summed E-state index contributed by atoms with van der Waals surface area (Å²) in [4.78, 5) is 0. The van der Waals surface area contributed by atoms with Crippen molar-refractivity contribution >= 4 is 0 Å². The van der Waals surface area contributed by atoms with Crippen molar-refractivity contribution in [1.82, 2.24) is 15.1 Å². The van der Waals surface area contributed by atoms with Crippen LogP contribution >= 0.6 is 0 Å². The van der Waals surface area contributed by atoms with Gasteiger partial charge in [0.2, 0.25) is 0 Å². The first-order valence-corrected chi connectivity index (χ1v) is 7.58. The first-order chi connectivity index (χ1) is 9.69. The molecule has 0 saturated carbocycles. The molecule has 0 aliphatic rings. The van der Waals surface area contributed by atoms with Gasteiger partial charge in [-0.25, -0.2) is 4.68 Å². The van der Waals surface area contributed by atoms with Crippen molar-refractivity contribution in [3.05, 3.63) is 46.8 Å². The lowest BCUT2D eigenvalue weighted by molar-refractivity contribution is 0.709. The third-order valence-corrected chi connectivity index (χ3v) is 3.59. The number of aromatic nitrogens is 2. The molecule has 0 unspecified atom stereocenters. The molecule has 20 heavy (non-hydrogen) atoms. The van der Waals surface area contributed by atoms with Gasteiger partial charge in [-0.2, -0.15) is 5.10 Å². The van der Waals surface area contributed by atoms with E-state index in [4.69, 9.17) is 5.10 Å². The van der Waals surface area contributed by atoms with E-state index in [9.17, 15) is 0 Å². The third kappa shape index (κ3) is 3.10. The molecule has 1 N–H and O–H groups in total. The fourth-order valence-electron chi connectivity index (χ4n) is 2.43. The summed E-state index contributed by atoms with van der Waals surface area (Å²) >= 11 is 0. The van der Waals surface area contributed by atoms with Crippen molar-refractivity contribution < 1.29 is 0 Å². The van der Waals surface area contributed by atoms with E-state index in [-0.39, 0.29) is 0 Å². The Hall–Kier alpha value is -1.61. The Morgan fingerprint density at radius 1 is 1.10 bits per heavy atom. The van der Waals surface area contributed by atoms with Crippen molar-refractivity contribution in [2.75, 3.05) is 6.54 Å². The van der Waals surface area contributed by atoms with Gasteiger partial charge in [0, 0.05) is 12.2 Å². The second-order valence-electron chi connectivity index (χ2n) is 5.16. The van der Waals surface area contributed by atoms with Crippen molar-refractivity contribution in [2.45, 2.75) is 47.1 Å². The Morgan fingerprint density at radius 2 is 1.90 bits per heavy atom. The molecular formula is C17H25N3. The average Bonchev–Trinajstić information content (AvgIpc) is 2.88. The van der Waals surface area contributed by atoms with Crippen molar-refractivity contribution in [2.24, 2.45) is 0 Å². The van der Waals surface area contributed by atoms with E-state index in [0.29, 0.717) is 0 Å². The molecule has 108 valence electrons. The molecule has 3 heteroatoms. The number of hydrogen-bond donors (Lipinski definition) is 1. The quantitative estimate of drug-likeness (QED) is 0.872. The van der Waals surface area contributed by atoms with Crippen LogP contribution in [-0.2, 0) is 19.4 Å². The zero-order valence-corrected chi connectivity index (χ0v) is 13.0. The molecule has 0 atom stereocenters. The lowest BCUT2D eigenvalue weighted by Crippen LogP contribution is -2.15. The summed E-state index contributed by atoms with van der Waals surface area (Å²) in [7, 11) is 0. The van der Waals surface area contributed by atoms with Gasteiger partial charge < -0.3 is 5.32 Å². The number of nitrogens with zero attached hydrogens (tertiary/aromatic N) is 2. The zero-order chi connectivity index (χ0) is 14.5. The van der Waals surface area contributed by atoms with E-state index < -0.39 is 0 Å². The van der Waals surface area contributed by atoms with Gasteiger partial charge in [-0.1, -0.05) is 38.5 Å². The Morgan fingerprint density at radius 3 is 2.55 bits per heavy atom. The van der Waals surface area contributed by atoms with Crippen LogP contribution < -0.4 is 5.32 Å². The number of aryl methyl sites for hydroxylation is 3. The maximum atomic E-state index is 4.76. The number of hydrogen-bond acceptors (Lipinski definition) is 2. The Labute approximate surface area is 122 Å². The minimum atomic E-state index is 0.887. The average molecular weight is 271 g/mol. The molecule has 0 amide bonds. The predicted octanol–water partition coefficient (Wildman–Crippen LogP) is 3.42. The largest absolute Gasteiger partial charge is 0.313 e. The van der Waals surface area contributed by atoms with Crippen LogP contribution in [0.15, 0.2) is 24.3 Å². The van der Waals surface area contributed by atoms with Crippen LogP contribution in [0.5, 0.6) is 0 Å². The molecule has 1 heterocycles. The number of rotatable bonds is 6. The van der Waals surface area contributed by atoms with Gasteiger partial charge in [0.05, 0.1) is 11.4 Å². The van der Waals surface area contributed by atoms with Gasteiger partial charge in [-0.05, 0) is 44.0 Å². The summed E-state index contributed by atoms with van der Waals surface area (Å²) in [6, 6.07) is 8.83.